The summed E-state index contributed by atoms with van der Waals surface area (Å²) < 4.78 is 1.88. The topological polar surface area (TPSA) is 75.6 Å². The average Bonchev–Trinajstić information content (AvgIpc) is 3.04. The van der Waals surface area contributed by atoms with Gasteiger partial charge in [0, 0.05) is 36.1 Å². The minimum absolute atomic E-state index is 0.0385. The number of rotatable bonds is 7. The molecular weight excluding hydrogens is 334 g/mol. The summed E-state index contributed by atoms with van der Waals surface area (Å²) in [5.74, 6) is 0.727. The second kappa shape index (κ2) is 7.33. The molecular formula is C18H23N5OS. The molecule has 2 N–H and O–H groups in total. The quantitative estimate of drug-likeness (QED) is 0.503. The molecule has 0 atom stereocenters. The Morgan fingerprint density at radius 2 is 2.20 bits per heavy atom. The standard InChI is InChI=1S/C18H23N5OS/c1-5-8-23-10-14(12(3)22-23)9-19-7-6-15-20-17(24)16-11(2)13(4)25-18(16)21-15/h5,10,19H,1,6-9H2,2-4H3,(H,20,21,24). The van der Waals surface area contributed by atoms with Crippen molar-refractivity contribution in [3.63, 3.8) is 0 Å². The SMILES string of the molecule is C=CCn1cc(CNCCc2nc3sc(C)c(C)c3c(=O)[nH]2)c(C)n1. The zero-order chi connectivity index (χ0) is 18.0. The second-order valence-corrected chi connectivity index (χ2v) is 7.36. The molecule has 25 heavy (non-hydrogen) atoms. The van der Waals surface area contributed by atoms with E-state index in [1.165, 1.54) is 5.56 Å². The van der Waals surface area contributed by atoms with E-state index >= 15 is 0 Å². The van der Waals surface area contributed by atoms with Crippen LogP contribution >= 0.6 is 11.3 Å². The van der Waals surface area contributed by atoms with Gasteiger partial charge in [-0.3, -0.25) is 9.48 Å². The van der Waals surface area contributed by atoms with Gasteiger partial charge in [-0.05, 0) is 26.3 Å². The van der Waals surface area contributed by atoms with E-state index in [2.05, 4.69) is 27.0 Å². The first-order chi connectivity index (χ1) is 12.0. The van der Waals surface area contributed by atoms with Gasteiger partial charge in [0.05, 0.1) is 17.6 Å². The Kier molecular flexibility index (Phi) is 5.15. The van der Waals surface area contributed by atoms with Crippen molar-refractivity contribution in [1.29, 1.82) is 0 Å². The number of aromatic amines is 1. The summed E-state index contributed by atoms with van der Waals surface area (Å²) >= 11 is 1.58. The second-order valence-electron chi connectivity index (χ2n) is 6.15. The molecule has 7 heteroatoms. The van der Waals surface area contributed by atoms with Crippen molar-refractivity contribution in [1.82, 2.24) is 25.1 Å². The molecule has 3 heterocycles. The van der Waals surface area contributed by atoms with Crippen LogP contribution in [0.25, 0.3) is 10.2 Å². The first-order valence-electron chi connectivity index (χ1n) is 8.33. The molecule has 0 radical (unpaired) electrons. The van der Waals surface area contributed by atoms with Crippen molar-refractivity contribution in [2.45, 2.75) is 40.3 Å². The average molecular weight is 357 g/mol. The van der Waals surface area contributed by atoms with Crippen LogP contribution in [-0.4, -0.2) is 26.3 Å². The van der Waals surface area contributed by atoms with Gasteiger partial charge in [0.2, 0.25) is 0 Å². The molecule has 0 aliphatic rings. The molecule has 3 aromatic rings. The fourth-order valence-corrected chi connectivity index (χ4v) is 3.85. The van der Waals surface area contributed by atoms with Crippen LogP contribution in [0.1, 0.15) is 27.5 Å². The summed E-state index contributed by atoms with van der Waals surface area (Å²) in [7, 11) is 0. The van der Waals surface area contributed by atoms with Gasteiger partial charge < -0.3 is 10.3 Å². The molecule has 132 valence electrons. The number of allylic oxidation sites excluding steroid dienone is 1. The maximum absolute atomic E-state index is 12.3. The molecule has 0 aliphatic heterocycles. The lowest BCUT2D eigenvalue weighted by Crippen LogP contribution is -2.20. The van der Waals surface area contributed by atoms with Gasteiger partial charge in [-0.2, -0.15) is 5.10 Å². The summed E-state index contributed by atoms with van der Waals surface area (Å²) in [6.45, 7) is 11.9. The highest BCUT2D eigenvalue weighted by Gasteiger charge is 2.11. The highest BCUT2D eigenvalue weighted by atomic mass is 32.1. The Balaban J connectivity index is 1.62. The number of nitrogens with zero attached hydrogens (tertiary/aromatic N) is 3. The zero-order valence-electron chi connectivity index (χ0n) is 14.8. The molecule has 0 amide bonds. The number of hydrogen-bond donors (Lipinski definition) is 2. The summed E-state index contributed by atoms with van der Waals surface area (Å²) in [6.07, 6.45) is 4.55. The van der Waals surface area contributed by atoms with Crippen molar-refractivity contribution in [2.24, 2.45) is 0 Å². The van der Waals surface area contributed by atoms with Gasteiger partial charge in [-0.25, -0.2) is 4.98 Å². The maximum atomic E-state index is 12.3. The van der Waals surface area contributed by atoms with E-state index < -0.39 is 0 Å². The van der Waals surface area contributed by atoms with E-state index in [9.17, 15) is 4.79 Å². The van der Waals surface area contributed by atoms with E-state index in [1.54, 1.807) is 11.3 Å². The van der Waals surface area contributed by atoms with Crippen molar-refractivity contribution >= 4 is 21.6 Å². The highest BCUT2D eigenvalue weighted by molar-refractivity contribution is 7.18. The van der Waals surface area contributed by atoms with E-state index in [-0.39, 0.29) is 5.56 Å². The Bertz CT molecular complexity index is 966. The highest BCUT2D eigenvalue weighted by Crippen LogP contribution is 2.25. The third-order valence-corrected chi connectivity index (χ3v) is 5.41. The Morgan fingerprint density at radius 3 is 2.96 bits per heavy atom. The molecule has 0 bridgehead atoms. The number of aryl methyl sites for hydroxylation is 3. The Labute approximate surface area is 150 Å². The lowest BCUT2D eigenvalue weighted by molar-refractivity contribution is 0.667. The molecule has 0 spiro atoms. The zero-order valence-corrected chi connectivity index (χ0v) is 15.7. The van der Waals surface area contributed by atoms with Gasteiger partial charge in [0.1, 0.15) is 10.7 Å². The van der Waals surface area contributed by atoms with Crippen LogP contribution in [0.3, 0.4) is 0 Å². The molecule has 6 nitrogen and oxygen atoms in total. The Morgan fingerprint density at radius 1 is 1.40 bits per heavy atom. The summed E-state index contributed by atoms with van der Waals surface area (Å²) in [4.78, 5) is 21.8. The molecule has 0 fully saturated rings. The lowest BCUT2D eigenvalue weighted by atomic mass is 10.2. The number of hydrogen-bond acceptors (Lipinski definition) is 5. The number of fused-ring (bicyclic) bond motifs is 1. The molecule has 0 unspecified atom stereocenters. The van der Waals surface area contributed by atoms with Crippen molar-refractivity contribution in [3.8, 4) is 0 Å². The van der Waals surface area contributed by atoms with E-state index in [4.69, 9.17) is 0 Å². The minimum atomic E-state index is -0.0385. The Hall–Kier alpha value is -2.25. The monoisotopic (exact) mass is 357 g/mol. The molecule has 0 saturated heterocycles. The van der Waals surface area contributed by atoms with Crippen LogP contribution in [0.2, 0.25) is 0 Å². The fourth-order valence-electron chi connectivity index (χ4n) is 2.81. The summed E-state index contributed by atoms with van der Waals surface area (Å²) in [5.41, 5.74) is 3.18. The van der Waals surface area contributed by atoms with Crippen LogP contribution in [0, 0.1) is 20.8 Å². The van der Waals surface area contributed by atoms with E-state index in [1.807, 2.05) is 37.7 Å². The predicted molar refractivity (Wildman–Crippen MR) is 102 cm³/mol. The van der Waals surface area contributed by atoms with Gasteiger partial charge >= 0.3 is 0 Å². The van der Waals surface area contributed by atoms with Crippen LogP contribution in [-0.2, 0) is 19.5 Å². The summed E-state index contributed by atoms with van der Waals surface area (Å²) in [6, 6.07) is 0. The molecule has 3 rings (SSSR count). The fraction of sp³-hybridized carbons (Fsp3) is 0.389. The molecule has 0 aromatic carbocycles. The van der Waals surface area contributed by atoms with Gasteiger partial charge in [-0.15, -0.1) is 17.9 Å². The number of aromatic nitrogens is 4. The third-order valence-electron chi connectivity index (χ3n) is 4.31. The first kappa shape index (κ1) is 17.6. The van der Waals surface area contributed by atoms with Gasteiger partial charge in [-0.1, -0.05) is 6.08 Å². The lowest BCUT2D eigenvalue weighted by Gasteiger charge is -2.04. The van der Waals surface area contributed by atoms with Crippen LogP contribution in [0.15, 0.2) is 23.6 Å². The van der Waals surface area contributed by atoms with Crippen LogP contribution in [0.4, 0.5) is 0 Å². The minimum Gasteiger partial charge on any atom is -0.312 e. The predicted octanol–water partition coefficient (Wildman–Crippen LogP) is 2.62. The maximum Gasteiger partial charge on any atom is 0.259 e. The van der Waals surface area contributed by atoms with Crippen LogP contribution < -0.4 is 10.9 Å². The smallest absolute Gasteiger partial charge is 0.259 e. The normalized spacial score (nSPS) is 11.3. The van der Waals surface area contributed by atoms with Crippen molar-refractivity contribution in [2.75, 3.05) is 6.54 Å². The number of thiophene rings is 1. The largest absolute Gasteiger partial charge is 0.312 e. The molecule has 0 saturated carbocycles. The van der Waals surface area contributed by atoms with Crippen LogP contribution in [0.5, 0.6) is 0 Å². The van der Waals surface area contributed by atoms with E-state index in [0.717, 1.165) is 45.3 Å². The molecule has 3 aromatic heterocycles. The number of H-pyrrole nitrogens is 1. The van der Waals surface area contributed by atoms with Crippen molar-refractivity contribution < 1.29 is 0 Å². The summed E-state index contributed by atoms with van der Waals surface area (Å²) in [5, 5.41) is 8.56. The van der Waals surface area contributed by atoms with E-state index in [0.29, 0.717) is 13.0 Å². The van der Waals surface area contributed by atoms with Gasteiger partial charge in [0.25, 0.3) is 5.56 Å². The first-order valence-corrected chi connectivity index (χ1v) is 9.14. The third kappa shape index (κ3) is 3.72. The number of nitrogens with one attached hydrogen (secondary N) is 2. The van der Waals surface area contributed by atoms with Gasteiger partial charge in [0.15, 0.2) is 0 Å². The van der Waals surface area contributed by atoms with Crippen molar-refractivity contribution in [3.05, 3.63) is 56.7 Å². The molecule has 0 aliphatic carbocycles.